The van der Waals surface area contributed by atoms with E-state index in [0.717, 1.165) is 10.6 Å². The summed E-state index contributed by atoms with van der Waals surface area (Å²) in [7, 11) is -1.17. The van der Waals surface area contributed by atoms with Crippen LogP contribution in [-0.4, -0.2) is 37.6 Å². The average molecular weight is 402 g/mol. The molecule has 2 aromatic rings. The molecule has 0 heterocycles. The number of carbonyl (C=O) groups excluding carboxylic acids is 2. The van der Waals surface area contributed by atoms with E-state index in [4.69, 9.17) is 14.2 Å². The van der Waals surface area contributed by atoms with Crippen LogP contribution in [0.1, 0.15) is 20.8 Å². The van der Waals surface area contributed by atoms with Crippen molar-refractivity contribution in [2.75, 3.05) is 19.8 Å². The van der Waals surface area contributed by atoms with Crippen molar-refractivity contribution in [3.05, 3.63) is 60.7 Å². The van der Waals surface area contributed by atoms with Gasteiger partial charge in [0.1, 0.15) is 5.85 Å². The normalized spacial score (nSPS) is 12.0. The fraction of sp³-hybridized carbons (Fsp3) is 0.364. The van der Waals surface area contributed by atoms with Crippen LogP contribution in [0.15, 0.2) is 60.7 Å². The maximum atomic E-state index is 12.8. The van der Waals surface area contributed by atoms with Crippen LogP contribution in [0.4, 0.5) is 0 Å². The molecule has 0 spiro atoms. The minimum atomic E-state index is -1.17. The average Bonchev–Trinajstić information content (AvgIpc) is 2.70. The molecule has 0 aliphatic heterocycles. The largest absolute Gasteiger partial charge is 0.465 e. The first-order valence-electron chi connectivity index (χ1n) is 9.48. The first-order valence-corrected chi connectivity index (χ1v) is 10.9. The molecule has 0 aromatic heterocycles. The number of hydrogen-bond acceptors (Lipinski definition) is 5. The lowest BCUT2D eigenvalue weighted by Gasteiger charge is -2.32. The summed E-state index contributed by atoms with van der Waals surface area (Å²) in [6.07, 6.45) is 0. The highest BCUT2D eigenvalue weighted by Gasteiger charge is 2.43. The highest BCUT2D eigenvalue weighted by molar-refractivity contribution is 7.73. The molecule has 0 saturated carbocycles. The minimum absolute atomic E-state index is 0.183. The molecule has 5 nitrogen and oxygen atoms in total. The molecule has 0 N–H and O–H groups in total. The molecule has 0 saturated heterocycles. The fourth-order valence-electron chi connectivity index (χ4n) is 2.90. The van der Waals surface area contributed by atoms with Crippen LogP contribution in [0.3, 0.4) is 0 Å². The molecule has 0 aliphatic carbocycles. The van der Waals surface area contributed by atoms with Crippen LogP contribution in [0.25, 0.3) is 0 Å². The number of rotatable bonds is 10. The van der Waals surface area contributed by atoms with Crippen LogP contribution in [0.2, 0.25) is 0 Å². The van der Waals surface area contributed by atoms with Crippen molar-refractivity contribution in [3.63, 3.8) is 0 Å². The summed E-state index contributed by atoms with van der Waals surface area (Å²) in [5.74, 6) is -3.06. The van der Waals surface area contributed by atoms with Gasteiger partial charge >= 0.3 is 11.9 Å². The molecule has 0 bridgehead atoms. The number of carbonyl (C=O) groups is 2. The number of esters is 2. The Kier molecular flexibility index (Phi) is 9.12. The Hall–Kier alpha value is -2.23. The Morgan fingerprint density at radius 2 is 1.18 bits per heavy atom. The predicted molar refractivity (Wildman–Crippen MR) is 111 cm³/mol. The molecule has 0 radical (unpaired) electrons. The van der Waals surface area contributed by atoms with E-state index in [0.29, 0.717) is 6.61 Å². The monoisotopic (exact) mass is 402 g/mol. The van der Waals surface area contributed by atoms with Gasteiger partial charge in [-0.3, -0.25) is 9.59 Å². The van der Waals surface area contributed by atoms with Crippen molar-refractivity contribution in [1.82, 2.24) is 0 Å². The summed E-state index contributed by atoms with van der Waals surface area (Å²) in [5, 5.41) is 2.03. The van der Waals surface area contributed by atoms with Crippen LogP contribution >= 0.6 is 7.92 Å². The second-order valence-electron chi connectivity index (χ2n) is 5.87. The van der Waals surface area contributed by atoms with Crippen LogP contribution in [-0.2, 0) is 23.8 Å². The van der Waals surface area contributed by atoms with Gasteiger partial charge in [0, 0.05) is 6.61 Å². The zero-order valence-corrected chi connectivity index (χ0v) is 17.4. The van der Waals surface area contributed by atoms with Gasteiger partial charge in [-0.25, -0.2) is 0 Å². The third-order valence-electron chi connectivity index (χ3n) is 4.03. The quantitative estimate of drug-likeness (QED) is 0.347. The maximum absolute atomic E-state index is 12.8. The summed E-state index contributed by atoms with van der Waals surface area (Å²) < 4.78 is 16.5. The second kappa shape index (κ2) is 11.6. The number of ether oxygens (including phenoxy) is 3. The van der Waals surface area contributed by atoms with Gasteiger partial charge in [0.15, 0.2) is 5.92 Å². The maximum Gasteiger partial charge on any atom is 0.323 e. The Labute approximate surface area is 167 Å². The molecule has 150 valence electrons. The van der Waals surface area contributed by atoms with Gasteiger partial charge in [0.2, 0.25) is 0 Å². The van der Waals surface area contributed by atoms with Crippen LogP contribution in [0.5, 0.6) is 0 Å². The van der Waals surface area contributed by atoms with Crippen molar-refractivity contribution in [3.8, 4) is 0 Å². The van der Waals surface area contributed by atoms with Crippen molar-refractivity contribution in [2.24, 2.45) is 5.92 Å². The molecule has 6 heteroatoms. The zero-order valence-electron chi connectivity index (χ0n) is 16.5. The molecule has 28 heavy (non-hydrogen) atoms. The molecule has 0 aliphatic rings. The number of hydrogen-bond donors (Lipinski definition) is 0. The summed E-state index contributed by atoms with van der Waals surface area (Å²) in [4.78, 5) is 25.5. The van der Waals surface area contributed by atoms with E-state index in [2.05, 4.69) is 0 Å². The van der Waals surface area contributed by atoms with E-state index in [1.807, 2.05) is 67.6 Å². The summed E-state index contributed by atoms with van der Waals surface area (Å²) in [5.41, 5.74) is 0. The van der Waals surface area contributed by atoms with Crippen molar-refractivity contribution >= 4 is 30.5 Å². The lowest BCUT2D eigenvalue weighted by molar-refractivity contribution is -0.165. The van der Waals surface area contributed by atoms with Gasteiger partial charge in [0.25, 0.3) is 0 Å². The van der Waals surface area contributed by atoms with Gasteiger partial charge in [-0.1, -0.05) is 60.7 Å². The highest BCUT2D eigenvalue weighted by Crippen LogP contribution is 2.44. The Morgan fingerprint density at radius 1 is 0.750 bits per heavy atom. The van der Waals surface area contributed by atoms with E-state index in [1.54, 1.807) is 13.8 Å². The van der Waals surface area contributed by atoms with E-state index >= 15 is 0 Å². The summed E-state index contributed by atoms with van der Waals surface area (Å²) in [6, 6.07) is 19.6. The van der Waals surface area contributed by atoms with Gasteiger partial charge < -0.3 is 14.2 Å². The molecule has 1 atom stereocenters. The molecule has 2 aromatic carbocycles. The highest BCUT2D eigenvalue weighted by atomic mass is 31.1. The molecular formula is C22H27O5P. The van der Waals surface area contributed by atoms with E-state index in [1.165, 1.54) is 0 Å². The van der Waals surface area contributed by atoms with Crippen LogP contribution < -0.4 is 10.6 Å². The third kappa shape index (κ3) is 5.63. The van der Waals surface area contributed by atoms with Crippen molar-refractivity contribution in [2.45, 2.75) is 26.6 Å². The SMILES string of the molecule is CCOC(=O)C(C(=O)OCC)[C@@H](OCC)P(c1ccccc1)c1ccccc1. The topological polar surface area (TPSA) is 61.8 Å². The molecule has 0 fully saturated rings. The smallest absolute Gasteiger partial charge is 0.323 e. The molecular weight excluding hydrogens is 375 g/mol. The van der Waals surface area contributed by atoms with Gasteiger partial charge in [0.05, 0.1) is 13.2 Å². The summed E-state index contributed by atoms with van der Waals surface area (Å²) >= 11 is 0. The fourth-order valence-corrected chi connectivity index (χ4v) is 5.62. The first-order chi connectivity index (χ1) is 13.6. The Bertz CT molecular complexity index is 678. The predicted octanol–water partition coefficient (Wildman–Crippen LogP) is 3.22. The third-order valence-corrected chi connectivity index (χ3v) is 6.69. The van der Waals surface area contributed by atoms with Gasteiger partial charge in [-0.05, 0) is 39.3 Å². The van der Waals surface area contributed by atoms with Gasteiger partial charge in [-0.15, -0.1) is 0 Å². The van der Waals surface area contributed by atoms with Crippen molar-refractivity contribution < 1.29 is 23.8 Å². The Balaban J connectivity index is 2.57. The second-order valence-corrected chi connectivity index (χ2v) is 8.15. The van der Waals surface area contributed by atoms with Crippen LogP contribution in [0, 0.1) is 5.92 Å². The first kappa shape index (κ1) is 22.1. The standard InChI is InChI=1S/C22H27O5P/c1-4-25-20(23)19(21(24)26-5-2)22(27-6-3)28(17-13-9-7-10-14-17)18-15-11-8-12-16-18/h7-16,19,22H,4-6H2,1-3H3/t22-/m0/s1. The minimum Gasteiger partial charge on any atom is -0.465 e. The van der Waals surface area contributed by atoms with Gasteiger partial charge in [-0.2, -0.15) is 0 Å². The lowest BCUT2D eigenvalue weighted by atomic mass is 10.1. The number of benzene rings is 2. The lowest BCUT2D eigenvalue weighted by Crippen LogP contribution is -2.41. The van der Waals surface area contributed by atoms with E-state index in [9.17, 15) is 9.59 Å². The van der Waals surface area contributed by atoms with E-state index < -0.39 is 31.6 Å². The summed E-state index contributed by atoms with van der Waals surface area (Å²) in [6.45, 7) is 6.01. The van der Waals surface area contributed by atoms with E-state index in [-0.39, 0.29) is 13.2 Å². The molecule has 0 unspecified atom stereocenters. The molecule has 0 amide bonds. The zero-order chi connectivity index (χ0) is 20.4. The Morgan fingerprint density at radius 3 is 1.54 bits per heavy atom. The molecule has 2 rings (SSSR count). The van der Waals surface area contributed by atoms with Crippen molar-refractivity contribution in [1.29, 1.82) is 0 Å².